The molecule has 23 heavy (non-hydrogen) atoms. The molecule has 1 aliphatic rings. The second-order valence-electron chi connectivity index (χ2n) is 5.38. The third kappa shape index (κ3) is 3.21. The smallest absolute Gasteiger partial charge is 0.357 e. The molecule has 0 bridgehead atoms. The van der Waals surface area contributed by atoms with Crippen LogP contribution in [0.15, 0.2) is 59.5 Å². The fourth-order valence-electron chi connectivity index (χ4n) is 2.57. The van der Waals surface area contributed by atoms with Crippen LogP contribution in [0.25, 0.3) is 5.57 Å². The Morgan fingerprint density at radius 3 is 2.43 bits per heavy atom. The summed E-state index contributed by atoms with van der Waals surface area (Å²) < 4.78 is 5.17. The van der Waals surface area contributed by atoms with Crippen molar-refractivity contribution in [2.45, 2.75) is 20.3 Å². The van der Waals surface area contributed by atoms with Gasteiger partial charge in [-0.3, -0.25) is 4.98 Å². The first kappa shape index (κ1) is 15.2. The molecule has 1 aromatic carbocycles. The lowest BCUT2D eigenvalue weighted by molar-refractivity contribution is -0.138. The van der Waals surface area contributed by atoms with Gasteiger partial charge in [0.25, 0.3) is 0 Å². The van der Waals surface area contributed by atoms with Gasteiger partial charge in [0.1, 0.15) is 0 Å². The number of nitrogens with zero attached hydrogens (tertiary/aromatic N) is 2. The predicted octanol–water partition coefficient (Wildman–Crippen LogP) is 3.56. The summed E-state index contributed by atoms with van der Waals surface area (Å²) >= 11 is 0. The lowest BCUT2D eigenvalue weighted by Gasteiger charge is -2.06. The Balaban J connectivity index is 2.00. The Morgan fingerprint density at radius 2 is 1.78 bits per heavy atom. The fourth-order valence-corrected chi connectivity index (χ4v) is 2.57. The number of pyridine rings is 1. The molecular formula is C19H18N2O2. The molecule has 0 saturated carbocycles. The van der Waals surface area contributed by atoms with E-state index in [1.54, 1.807) is 19.3 Å². The van der Waals surface area contributed by atoms with E-state index in [2.05, 4.69) is 9.98 Å². The Hall–Kier alpha value is -2.75. The topological polar surface area (TPSA) is 51.5 Å². The Kier molecular flexibility index (Phi) is 4.33. The summed E-state index contributed by atoms with van der Waals surface area (Å²) in [4.78, 5) is 20.9. The van der Waals surface area contributed by atoms with Crippen molar-refractivity contribution in [3.05, 3.63) is 71.2 Å². The standard InChI is InChI=1S/C19H18N2O2/c1-3-23-19(22)18-16(14-6-4-13(2)5-7-14)12-17(21-18)15-8-10-20-11-9-15/h4-11H,3,12H2,1-2H3. The van der Waals surface area contributed by atoms with Crippen molar-refractivity contribution in [2.24, 2.45) is 4.99 Å². The highest BCUT2D eigenvalue weighted by molar-refractivity contribution is 6.15. The van der Waals surface area contributed by atoms with Gasteiger partial charge in [-0.2, -0.15) is 0 Å². The molecule has 0 atom stereocenters. The number of rotatable bonds is 4. The monoisotopic (exact) mass is 306 g/mol. The number of hydrogen-bond acceptors (Lipinski definition) is 4. The SMILES string of the molecule is CCOC(=O)C1=C(c2ccc(C)cc2)CC(c2ccncc2)=N1. The summed E-state index contributed by atoms with van der Waals surface area (Å²) in [5, 5.41) is 0. The van der Waals surface area contributed by atoms with E-state index in [0.717, 1.165) is 22.4 Å². The third-order valence-corrected chi connectivity index (χ3v) is 3.76. The van der Waals surface area contributed by atoms with E-state index in [0.29, 0.717) is 18.7 Å². The van der Waals surface area contributed by atoms with E-state index in [1.807, 2.05) is 43.3 Å². The van der Waals surface area contributed by atoms with Gasteiger partial charge in [0.05, 0.1) is 12.3 Å². The first-order valence-corrected chi connectivity index (χ1v) is 7.64. The number of aryl methyl sites for hydroxylation is 1. The minimum atomic E-state index is -0.368. The second kappa shape index (κ2) is 6.57. The van der Waals surface area contributed by atoms with Crippen LogP contribution in [0, 0.1) is 6.92 Å². The van der Waals surface area contributed by atoms with Crippen LogP contribution >= 0.6 is 0 Å². The molecule has 4 nitrogen and oxygen atoms in total. The lowest BCUT2D eigenvalue weighted by Crippen LogP contribution is -2.06. The van der Waals surface area contributed by atoms with Crippen molar-refractivity contribution < 1.29 is 9.53 Å². The first-order chi connectivity index (χ1) is 11.2. The molecule has 0 spiro atoms. The van der Waals surface area contributed by atoms with E-state index >= 15 is 0 Å². The average Bonchev–Trinajstić information content (AvgIpc) is 3.02. The molecule has 0 fully saturated rings. The molecule has 0 aliphatic carbocycles. The number of aromatic nitrogens is 1. The van der Waals surface area contributed by atoms with Crippen molar-refractivity contribution in [3.63, 3.8) is 0 Å². The van der Waals surface area contributed by atoms with E-state index < -0.39 is 0 Å². The van der Waals surface area contributed by atoms with Crippen molar-refractivity contribution >= 4 is 17.3 Å². The van der Waals surface area contributed by atoms with Gasteiger partial charge < -0.3 is 4.74 Å². The molecule has 0 amide bonds. The van der Waals surface area contributed by atoms with E-state index in [4.69, 9.17) is 4.74 Å². The lowest BCUT2D eigenvalue weighted by atomic mass is 9.97. The maximum absolute atomic E-state index is 12.3. The zero-order chi connectivity index (χ0) is 16.2. The molecule has 3 rings (SSSR count). The van der Waals surface area contributed by atoms with Crippen LogP contribution in [0.3, 0.4) is 0 Å². The first-order valence-electron chi connectivity index (χ1n) is 7.64. The van der Waals surface area contributed by atoms with Crippen LogP contribution in [0.4, 0.5) is 0 Å². The van der Waals surface area contributed by atoms with Crippen molar-refractivity contribution in [1.82, 2.24) is 4.98 Å². The molecule has 2 aromatic rings. The minimum absolute atomic E-state index is 0.337. The number of carbonyl (C=O) groups excluding carboxylic acids is 1. The van der Waals surface area contributed by atoms with Gasteiger partial charge >= 0.3 is 5.97 Å². The molecule has 0 saturated heterocycles. The van der Waals surface area contributed by atoms with Crippen molar-refractivity contribution in [1.29, 1.82) is 0 Å². The minimum Gasteiger partial charge on any atom is -0.461 e. The van der Waals surface area contributed by atoms with E-state index in [1.165, 1.54) is 5.56 Å². The zero-order valence-corrected chi connectivity index (χ0v) is 13.2. The molecule has 2 heterocycles. The number of benzene rings is 1. The van der Waals surface area contributed by atoms with Gasteiger partial charge in [-0.25, -0.2) is 9.79 Å². The fraction of sp³-hybridized carbons (Fsp3) is 0.211. The molecule has 0 radical (unpaired) electrons. The summed E-state index contributed by atoms with van der Waals surface area (Å²) in [5.41, 5.74) is 5.35. The second-order valence-corrected chi connectivity index (χ2v) is 5.38. The van der Waals surface area contributed by atoms with Crippen molar-refractivity contribution in [3.8, 4) is 0 Å². The van der Waals surface area contributed by atoms with E-state index in [-0.39, 0.29) is 5.97 Å². The van der Waals surface area contributed by atoms with Gasteiger partial charge in [-0.1, -0.05) is 29.8 Å². The van der Waals surface area contributed by atoms with Gasteiger partial charge in [0.15, 0.2) is 5.70 Å². The Bertz CT molecular complexity index is 775. The molecule has 116 valence electrons. The number of ether oxygens (including phenoxy) is 1. The summed E-state index contributed by atoms with van der Waals surface area (Å²) in [6, 6.07) is 11.9. The van der Waals surface area contributed by atoms with Crippen LogP contribution < -0.4 is 0 Å². The molecule has 4 heteroatoms. The number of aliphatic imine (C=N–C) groups is 1. The molecular weight excluding hydrogens is 288 g/mol. The number of hydrogen-bond donors (Lipinski definition) is 0. The van der Waals surface area contributed by atoms with E-state index in [9.17, 15) is 4.79 Å². The maximum Gasteiger partial charge on any atom is 0.357 e. The number of carbonyl (C=O) groups is 1. The predicted molar refractivity (Wildman–Crippen MR) is 90.1 cm³/mol. The van der Waals surface area contributed by atoms with Gasteiger partial charge in [-0.05, 0) is 42.7 Å². The van der Waals surface area contributed by atoms with Gasteiger partial charge in [0.2, 0.25) is 0 Å². The van der Waals surface area contributed by atoms with Crippen LogP contribution in [-0.2, 0) is 9.53 Å². The Labute approximate surface area is 135 Å². The molecule has 1 aliphatic heterocycles. The highest BCUT2D eigenvalue weighted by Gasteiger charge is 2.26. The van der Waals surface area contributed by atoms with Crippen LogP contribution in [0.2, 0.25) is 0 Å². The van der Waals surface area contributed by atoms with Gasteiger partial charge in [-0.15, -0.1) is 0 Å². The average molecular weight is 306 g/mol. The largest absolute Gasteiger partial charge is 0.461 e. The summed E-state index contributed by atoms with van der Waals surface area (Å²) in [5.74, 6) is -0.368. The normalized spacial score (nSPS) is 13.9. The Morgan fingerprint density at radius 1 is 1.09 bits per heavy atom. The highest BCUT2D eigenvalue weighted by atomic mass is 16.5. The molecule has 1 aromatic heterocycles. The number of allylic oxidation sites excluding steroid dienone is 1. The summed E-state index contributed by atoms with van der Waals surface area (Å²) in [6.45, 7) is 4.17. The third-order valence-electron chi connectivity index (χ3n) is 3.76. The number of esters is 1. The zero-order valence-electron chi connectivity index (χ0n) is 13.2. The molecule has 0 N–H and O–H groups in total. The quantitative estimate of drug-likeness (QED) is 0.812. The van der Waals surface area contributed by atoms with Gasteiger partial charge in [0, 0.05) is 18.8 Å². The van der Waals surface area contributed by atoms with Crippen molar-refractivity contribution in [2.75, 3.05) is 6.61 Å². The highest BCUT2D eigenvalue weighted by Crippen LogP contribution is 2.32. The summed E-state index contributed by atoms with van der Waals surface area (Å²) in [7, 11) is 0. The summed E-state index contributed by atoms with van der Waals surface area (Å²) in [6.07, 6.45) is 4.07. The van der Waals surface area contributed by atoms with Crippen LogP contribution in [0.5, 0.6) is 0 Å². The maximum atomic E-state index is 12.3. The van der Waals surface area contributed by atoms with Crippen LogP contribution in [-0.4, -0.2) is 23.3 Å². The van der Waals surface area contributed by atoms with Crippen LogP contribution in [0.1, 0.15) is 30.0 Å². The molecule has 0 unspecified atom stereocenters.